The molecule has 0 bridgehead atoms. The van der Waals surface area contributed by atoms with E-state index in [1.807, 2.05) is 0 Å². The van der Waals surface area contributed by atoms with E-state index in [4.69, 9.17) is 5.11 Å². The lowest BCUT2D eigenvalue weighted by atomic mass is 9.89. The second-order valence-electron chi connectivity index (χ2n) is 3.92. The molecule has 8 nitrogen and oxygen atoms in total. The maximum atomic E-state index is 11.6. The quantitative estimate of drug-likeness (QED) is 0.510. The van der Waals surface area contributed by atoms with E-state index >= 15 is 0 Å². The van der Waals surface area contributed by atoms with Gasteiger partial charge in [-0.1, -0.05) is 0 Å². The molecule has 1 N–H and O–H groups in total. The number of carbonyl (C=O) groups is 2. The normalized spacial score (nSPS) is 22.1. The van der Waals surface area contributed by atoms with Gasteiger partial charge in [0, 0.05) is 6.21 Å². The van der Waals surface area contributed by atoms with Crippen molar-refractivity contribution in [3.63, 3.8) is 0 Å². The summed E-state index contributed by atoms with van der Waals surface area (Å²) in [4.78, 5) is 26.3. The Morgan fingerprint density at radius 2 is 2.11 bits per heavy atom. The van der Waals surface area contributed by atoms with Crippen molar-refractivity contribution in [2.75, 3.05) is 20.0 Å². The molecular formula is C10H13NO7S. The van der Waals surface area contributed by atoms with Gasteiger partial charge in [0.15, 0.2) is 0 Å². The molecule has 0 fully saturated rings. The summed E-state index contributed by atoms with van der Waals surface area (Å²) < 4.78 is 31.1. The topological polar surface area (TPSA) is 119 Å². The molecule has 0 saturated carbocycles. The summed E-state index contributed by atoms with van der Waals surface area (Å²) in [5, 5.41) is 8.88. The zero-order valence-electron chi connectivity index (χ0n) is 10.3. The van der Waals surface area contributed by atoms with Crippen LogP contribution >= 0.6 is 0 Å². The number of rotatable bonds is 6. The van der Waals surface area contributed by atoms with Crippen molar-refractivity contribution in [1.29, 1.82) is 0 Å². The number of nitrogens with zero attached hydrogens (tertiary/aromatic N) is 1. The summed E-state index contributed by atoms with van der Waals surface area (Å²) >= 11 is 0. The molecule has 106 valence electrons. The van der Waals surface area contributed by atoms with Crippen LogP contribution in [0, 0.1) is 0 Å². The van der Waals surface area contributed by atoms with Crippen molar-refractivity contribution < 1.29 is 32.0 Å². The average molecular weight is 291 g/mol. The molecule has 0 aliphatic carbocycles. The molecule has 0 amide bonds. The van der Waals surface area contributed by atoms with E-state index in [2.05, 4.69) is 13.9 Å². The molecule has 0 spiro atoms. The number of carbonyl (C=O) groups excluding carboxylic acids is 1. The van der Waals surface area contributed by atoms with Gasteiger partial charge in [-0.3, -0.25) is 14.0 Å². The van der Waals surface area contributed by atoms with Crippen LogP contribution in [-0.2, 0) is 28.6 Å². The van der Waals surface area contributed by atoms with Gasteiger partial charge in [0.05, 0.1) is 32.0 Å². The molecule has 0 radical (unpaired) electrons. The third-order valence-corrected chi connectivity index (χ3v) is 2.97. The number of carboxylic acid groups (broad SMARTS) is 1. The highest BCUT2D eigenvalue weighted by Crippen LogP contribution is 2.31. The van der Waals surface area contributed by atoms with Gasteiger partial charge in [0.2, 0.25) is 0 Å². The van der Waals surface area contributed by atoms with E-state index in [1.165, 1.54) is 12.3 Å². The molecule has 1 unspecified atom stereocenters. The second kappa shape index (κ2) is 5.49. The summed E-state index contributed by atoms with van der Waals surface area (Å²) in [7, 11) is -2.66. The van der Waals surface area contributed by atoms with Gasteiger partial charge >= 0.3 is 11.9 Å². The first kappa shape index (κ1) is 15.3. The van der Waals surface area contributed by atoms with Crippen LogP contribution in [0.2, 0.25) is 0 Å². The maximum absolute atomic E-state index is 11.6. The molecule has 1 heterocycles. The first-order valence-corrected chi connectivity index (χ1v) is 6.92. The van der Waals surface area contributed by atoms with Crippen LogP contribution in [0.25, 0.3) is 0 Å². The zero-order chi connectivity index (χ0) is 14.7. The van der Waals surface area contributed by atoms with Crippen molar-refractivity contribution in [1.82, 2.24) is 0 Å². The minimum absolute atomic E-state index is 0.0546. The Morgan fingerprint density at radius 1 is 1.47 bits per heavy atom. The largest absolute Gasteiger partial charge is 0.481 e. The van der Waals surface area contributed by atoms with Crippen LogP contribution in [0.15, 0.2) is 16.6 Å². The molecule has 9 heteroatoms. The van der Waals surface area contributed by atoms with Crippen LogP contribution in [-0.4, -0.2) is 57.2 Å². The molecule has 19 heavy (non-hydrogen) atoms. The lowest BCUT2D eigenvalue weighted by Crippen LogP contribution is -2.39. The van der Waals surface area contributed by atoms with Crippen molar-refractivity contribution in [3.8, 4) is 0 Å². The molecule has 1 rings (SSSR count). The highest BCUT2D eigenvalue weighted by molar-refractivity contribution is 7.85. The van der Waals surface area contributed by atoms with Crippen LogP contribution in [0.4, 0.5) is 0 Å². The average Bonchev–Trinajstić information content (AvgIpc) is 2.68. The number of hydrogen-bond acceptors (Lipinski definition) is 7. The maximum Gasteiger partial charge on any atom is 0.336 e. The number of methoxy groups -OCH3 is 1. The van der Waals surface area contributed by atoms with Gasteiger partial charge in [0.1, 0.15) is 5.54 Å². The van der Waals surface area contributed by atoms with E-state index in [-0.39, 0.29) is 5.57 Å². The van der Waals surface area contributed by atoms with Crippen LogP contribution in [0.1, 0.15) is 6.42 Å². The molecule has 0 aromatic heterocycles. The fraction of sp³-hybridized carbons (Fsp3) is 0.500. The standard InChI is InChI=1S/C10H13NO7S/c1-17-9(14)7-3-4-11-10(7,5-8(12)13)6-18-19(2,15)16/h3-4H,5-6H2,1-2H3,(H,12,13). The van der Waals surface area contributed by atoms with Gasteiger partial charge in [-0.25, -0.2) is 4.79 Å². The SMILES string of the molecule is COC(=O)C1=CC=NC1(COS(C)(=O)=O)CC(=O)O. The number of esters is 1. The Bertz CT molecular complexity index is 548. The molecule has 0 saturated heterocycles. The first-order chi connectivity index (χ1) is 8.70. The number of hydrogen-bond donors (Lipinski definition) is 1. The van der Waals surface area contributed by atoms with Gasteiger partial charge in [0.25, 0.3) is 10.1 Å². The summed E-state index contributed by atoms with van der Waals surface area (Å²) in [6.45, 7) is -0.574. The van der Waals surface area contributed by atoms with Crippen molar-refractivity contribution in [2.45, 2.75) is 12.0 Å². The Balaban J connectivity index is 3.06. The molecule has 0 aromatic rings. The fourth-order valence-electron chi connectivity index (χ4n) is 1.61. The Kier molecular flexibility index (Phi) is 4.43. The predicted molar refractivity (Wildman–Crippen MR) is 64.4 cm³/mol. The minimum atomic E-state index is -3.79. The molecule has 0 aromatic carbocycles. The zero-order valence-corrected chi connectivity index (χ0v) is 11.1. The van der Waals surface area contributed by atoms with E-state index in [1.54, 1.807) is 0 Å². The molecular weight excluding hydrogens is 278 g/mol. The van der Waals surface area contributed by atoms with Gasteiger partial charge in [-0.2, -0.15) is 8.42 Å². The van der Waals surface area contributed by atoms with Crippen LogP contribution < -0.4 is 0 Å². The lowest BCUT2D eigenvalue weighted by molar-refractivity contribution is -0.139. The highest BCUT2D eigenvalue weighted by Gasteiger charge is 2.43. The lowest BCUT2D eigenvalue weighted by Gasteiger charge is -2.25. The van der Waals surface area contributed by atoms with Crippen LogP contribution in [0.5, 0.6) is 0 Å². The molecule has 1 aliphatic rings. The highest BCUT2D eigenvalue weighted by atomic mass is 32.2. The van der Waals surface area contributed by atoms with Gasteiger partial charge < -0.3 is 9.84 Å². The monoisotopic (exact) mass is 291 g/mol. The van der Waals surface area contributed by atoms with Crippen molar-refractivity contribution in [2.24, 2.45) is 4.99 Å². The summed E-state index contributed by atoms with van der Waals surface area (Å²) in [6, 6.07) is 0. The smallest absolute Gasteiger partial charge is 0.336 e. The molecule has 1 atom stereocenters. The Morgan fingerprint density at radius 3 is 2.58 bits per heavy atom. The van der Waals surface area contributed by atoms with Crippen LogP contribution in [0.3, 0.4) is 0 Å². The van der Waals surface area contributed by atoms with E-state index in [0.717, 1.165) is 13.4 Å². The predicted octanol–water partition coefficient (Wildman–Crippen LogP) is -0.640. The number of carboxylic acids is 1. The van der Waals surface area contributed by atoms with Crippen molar-refractivity contribution >= 4 is 28.3 Å². The van der Waals surface area contributed by atoms with Gasteiger partial charge in [-0.05, 0) is 6.08 Å². The third-order valence-electron chi connectivity index (χ3n) is 2.42. The third kappa shape index (κ3) is 3.86. The number of ether oxygens (including phenoxy) is 1. The van der Waals surface area contributed by atoms with E-state index < -0.39 is 40.6 Å². The van der Waals surface area contributed by atoms with Crippen molar-refractivity contribution in [3.05, 3.63) is 11.6 Å². The number of aliphatic carboxylic acids is 1. The number of allylic oxidation sites excluding steroid dienone is 1. The Labute approximate surface area is 109 Å². The molecule has 1 aliphatic heterocycles. The van der Waals surface area contributed by atoms with E-state index in [0.29, 0.717) is 0 Å². The number of aliphatic imine (C=N–C) groups is 1. The summed E-state index contributed by atoms with van der Waals surface area (Å²) in [5.41, 5.74) is -1.64. The fourth-order valence-corrected chi connectivity index (χ4v) is 2.02. The Hall–Kier alpha value is -1.74. The first-order valence-electron chi connectivity index (χ1n) is 5.11. The van der Waals surface area contributed by atoms with E-state index in [9.17, 15) is 18.0 Å². The summed E-state index contributed by atoms with van der Waals surface area (Å²) in [6.07, 6.45) is 2.74. The van der Waals surface area contributed by atoms with Gasteiger partial charge in [-0.15, -0.1) is 0 Å². The summed E-state index contributed by atoms with van der Waals surface area (Å²) in [5.74, 6) is -2.03. The second-order valence-corrected chi connectivity index (χ2v) is 5.56. The minimum Gasteiger partial charge on any atom is -0.481 e.